The van der Waals surface area contributed by atoms with Gasteiger partial charge in [0.1, 0.15) is 11.5 Å². The first-order valence-corrected chi connectivity index (χ1v) is 11.6. The fraction of sp³-hybridized carbons (Fsp3) is 0.519. The highest BCUT2D eigenvalue weighted by Gasteiger charge is 2.22. The minimum atomic E-state index is -0.955. The van der Waals surface area contributed by atoms with Crippen molar-refractivity contribution in [3.63, 3.8) is 0 Å². The predicted octanol–water partition coefficient (Wildman–Crippen LogP) is 5.05. The van der Waals surface area contributed by atoms with E-state index in [9.17, 15) is 9.90 Å². The summed E-state index contributed by atoms with van der Waals surface area (Å²) in [6, 6.07) is 15.2. The van der Waals surface area contributed by atoms with E-state index >= 15 is 0 Å². The molecule has 2 rings (SSSR count). The average molecular weight is 459 g/mol. The Kier molecular flexibility index (Phi) is 10.2. The third kappa shape index (κ3) is 9.44. The van der Waals surface area contributed by atoms with E-state index in [1.165, 1.54) is 5.56 Å². The van der Waals surface area contributed by atoms with Crippen LogP contribution in [0.2, 0.25) is 0 Å². The first kappa shape index (κ1) is 26.7. The van der Waals surface area contributed by atoms with Crippen LogP contribution in [0.25, 0.3) is 0 Å². The molecule has 2 atom stereocenters. The van der Waals surface area contributed by atoms with Gasteiger partial charge in [0.15, 0.2) is 6.10 Å². The second-order valence-corrected chi connectivity index (χ2v) is 9.26. The van der Waals surface area contributed by atoms with Crippen molar-refractivity contribution in [2.45, 2.75) is 78.3 Å². The molecule has 2 aromatic rings. The van der Waals surface area contributed by atoms with E-state index in [-0.39, 0.29) is 17.5 Å². The van der Waals surface area contributed by atoms with Gasteiger partial charge >= 0.3 is 5.97 Å². The van der Waals surface area contributed by atoms with Crippen LogP contribution >= 0.6 is 0 Å². The second kappa shape index (κ2) is 12.6. The number of hydrogen-bond donors (Lipinski definition) is 1. The van der Waals surface area contributed by atoms with Gasteiger partial charge in [-0.3, -0.25) is 0 Å². The highest BCUT2D eigenvalue weighted by Crippen LogP contribution is 2.25. The molecule has 0 aliphatic heterocycles. The summed E-state index contributed by atoms with van der Waals surface area (Å²) in [4.78, 5) is 12.1. The fourth-order valence-electron chi connectivity index (χ4n) is 3.21. The molecular weight excluding hydrogens is 420 g/mol. The lowest BCUT2D eigenvalue weighted by Crippen LogP contribution is -2.31. The fourth-order valence-corrected chi connectivity index (χ4v) is 3.21. The molecule has 1 N–H and O–H groups in total. The number of rotatable bonds is 12. The molecule has 0 fully saturated rings. The topological polar surface area (TPSA) is 74.2 Å². The Morgan fingerprint density at radius 1 is 0.970 bits per heavy atom. The Labute approximate surface area is 197 Å². The lowest BCUT2D eigenvalue weighted by molar-refractivity contribution is -0.159. The van der Waals surface area contributed by atoms with Gasteiger partial charge in [0, 0.05) is 12.8 Å². The summed E-state index contributed by atoms with van der Waals surface area (Å²) in [5.74, 6) is 0.950. The van der Waals surface area contributed by atoms with Crippen molar-refractivity contribution in [3.8, 4) is 11.5 Å². The van der Waals surface area contributed by atoms with Crippen molar-refractivity contribution in [3.05, 3.63) is 59.7 Å². The summed E-state index contributed by atoms with van der Waals surface area (Å²) in [5.41, 5.74) is 2.23. The van der Waals surface area contributed by atoms with Crippen LogP contribution in [0.1, 0.15) is 59.1 Å². The molecule has 0 radical (unpaired) electrons. The van der Waals surface area contributed by atoms with Crippen LogP contribution in [-0.4, -0.2) is 42.8 Å². The highest BCUT2D eigenvalue weighted by atomic mass is 16.6. The zero-order chi connectivity index (χ0) is 24.4. The maximum absolute atomic E-state index is 12.1. The molecule has 0 heterocycles. The average Bonchev–Trinajstić information content (AvgIpc) is 2.74. The van der Waals surface area contributed by atoms with Gasteiger partial charge < -0.3 is 24.1 Å². The molecule has 0 spiro atoms. The van der Waals surface area contributed by atoms with Gasteiger partial charge in [-0.25, -0.2) is 4.79 Å². The monoisotopic (exact) mass is 458 g/mol. The zero-order valence-corrected chi connectivity index (χ0v) is 20.7. The Balaban J connectivity index is 1.80. The molecule has 0 aliphatic carbocycles. The molecule has 0 saturated heterocycles. The van der Waals surface area contributed by atoms with Crippen LogP contribution in [0.15, 0.2) is 48.5 Å². The quantitative estimate of drug-likeness (QED) is 0.354. The molecule has 0 aromatic heterocycles. The van der Waals surface area contributed by atoms with E-state index in [0.717, 1.165) is 5.56 Å². The molecule has 0 aliphatic rings. The third-order valence-corrected chi connectivity index (χ3v) is 4.96. The van der Waals surface area contributed by atoms with E-state index in [2.05, 4.69) is 20.8 Å². The number of aliphatic hydroxyl groups is 1. The molecule has 33 heavy (non-hydrogen) atoms. The molecule has 0 saturated carbocycles. The first-order valence-electron chi connectivity index (χ1n) is 11.6. The van der Waals surface area contributed by atoms with Gasteiger partial charge in [-0.05, 0) is 61.6 Å². The second-order valence-electron chi connectivity index (χ2n) is 9.26. The molecule has 6 nitrogen and oxygen atoms in total. The van der Waals surface area contributed by atoms with E-state index in [1.807, 2.05) is 62.4 Å². The van der Waals surface area contributed by atoms with Gasteiger partial charge in [0.25, 0.3) is 0 Å². The number of aliphatic hydroxyl groups excluding tert-OH is 1. The molecule has 182 valence electrons. The summed E-state index contributed by atoms with van der Waals surface area (Å²) >= 11 is 0. The summed E-state index contributed by atoms with van der Waals surface area (Å²) in [6.45, 7) is 12.6. The molecule has 0 amide bonds. The van der Waals surface area contributed by atoms with Crippen molar-refractivity contribution in [2.75, 3.05) is 13.2 Å². The van der Waals surface area contributed by atoms with Crippen molar-refractivity contribution in [1.82, 2.24) is 0 Å². The summed E-state index contributed by atoms with van der Waals surface area (Å²) < 4.78 is 22.1. The van der Waals surface area contributed by atoms with Gasteiger partial charge in [0.2, 0.25) is 6.29 Å². The van der Waals surface area contributed by atoms with Crippen LogP contribution in [0.5, 0.6) is 11.5 Å². The Hall–Kier alpha value is -2.57. The zero-order valence-electron chi connectivity index (χ0n) is 20.7. The number of carbonyl (C=O) groups excluding carboxylic acids is 1. The van der Waals surface area contributed by atoms with Crippen molar-refractivity contribution in [2.24, 2.45) is 0 Å². The van der Waals surface area contributed by atoms with Crippen LogP contribution < -0.4 is 9.47 Å². The summed E-state index contributed by atoms with van der Waals surface area (Å²) in [7, 11) is 0. The van der Waals surface area contributed by atoms with Crippen molar-refractivity contribution < 1.29 is 28.8 Å². The molecule has 2 aromatic carbocycles. The minimum Gasteiger partial charge on any atom is -0.493 e. The van der Waals surface area contributed by atoms with Gasteiger partial charge in [0.05, 0.1) is 19.3 Å². The molecule has 2 unspecified atom stereocenters. The molecular formula is C27H38O6. The van der Waals surface area contributed by atoms with E-state index in [1.54, 1.807) is 6.92 Å². The third-order valence-electron chi connectivity index (χ3n) is 4.96. The van der Waals surface area contributed by atoms with Gasteiger partial charge in [-0.2, -0.15) is 0 Å². The van der Waals surface area contributed by atoms with Crippen molar-refractivity contribution in [1.29, 1.82) is 0 Å². The van der Waals surface area contributed by atoms with Crippen LogP contribution in [-0.2, 0) is 26.1 Å². The number of benzene rings is 2. The van der Waals surface area contributed by atoms with Gasteiger partial charge in [-0.1, -0.05) is 45.0 Å². The number of carbonyl (C=O) groups is 1. The summed E-state index contributed by atoms with van der Waals surface area (Å²) in [5, 5.41) is 10.2. The maximum atomic E-state index is 12.1. The van der Waals surface area contributed by atoms with Crippen LogP contribution in [0.4, 0.5) is 0 Å². The number of esters is 1. The smallest absolute Gasteiger partial charge is 0.335 e. The highest BCUT2D eigenvalue weighted by molar-refractivity contribution is 5.75. The Morgan fingerprint density at radius 2 is 1.58 bits per heavy atom. The molecule has 0 bridgehead atoms. The summed E-state index contributed by atoms with van der Waals surface area (Å²) in [6.07, 6.45) is -0.912. The van der Waals surface area contributed by atoms with E-state index in [4.69, 9.17) is 18.9 Å². The standard InChI is InChI=1S/C27H38O6/c1-7-30-26(29)24(32-19(2)3)18-20-8-12-22(13-9-20)31-17-16-25(28)33-23-14-10-21(11-15-23)27(4,5)6/h8-15,19,24-25,28H,7,16-18H2,1-6H3. The minimum absolute atomic E-state index is 0.0711. The van der Waals surface area contributed by atoms with E-state index < -0.39 is 12.4 Å². The predicted molar refractivity (Wildman–Crippen MR) is 129 cm³/mol. The largest absolute Gasteiger partial charge is 0.493 e. The maximum Gasteiger partial charge on any atom is 0.335 e. The van der Waals surface area contributed by atoms with Crippen molar-refractivity contribution >= 4 is 5.97 Å². The first-order chi connectivity index (χ1) is 15.6. The SMILES string of the molecule is CCOC(=O)C(Cc1ccc(OCCC(O)Oc2ccc(C(C)(C)C)cc2)cc1)OC(C)C. The van der Waals surface area contributed by atoms with Gasteiger partial charge in [-0.15, -0.1) is 0 Å². The molecule has 6 heteroatoms. The lowest BCUT2D eigenvalue weighted by Gasteiger charge is -2.20. The van der Waals surface area contributed by atoms with E-state index in [0.29, 0.717) is 37.6 Å². The Bertz CT molecular complexity index is 836. The van der Waals surface area contributed by atoms with Crippen LogP contribution in [0, 0.1) is 0 Å². The normalized spacial score (nSPS) is 13.5. The number of ether oxygens (including phenoxy) is 4. The number of hydrogen-bond acceptors (Lipinski definition) is 6. The Morgan fingerprint density at radius 3 is 2.12 bits per heavy atom. The lowest BCUT2D eigenvalue weighted by atomic mass is 9.87. The van der Waals surface area contributed by atoms with Crippen LogP contribution in [0.3, 0.4) is 0 Å².